The third kappa shape index (κ3) is 26.5. The average molecular weight is 1500 g/mol. The quantitative estimate of drug-likeness (QED) is 0.0141. The van der Waals surface area contributed by atoms with E-state index in [0.29, 0.717) is 21.7 Å². The molecule has 3 saturated heterocycles. The minimum atomic E-state index is -2.10. The molecule has 4 aromatic rings. The number of benzene rings is 3. The molecule has 14 amide bonds. The Bertz CT molecular complexity index is 3910. The molecule has 0 aliphatic carbocycles. The molecule has 1 aromatic heterocycles. The second-order valence-electron chi connectivity index (χ2n) is 27.0. The van der Waals surface area contributed by atoms with Gasteiger partial charge in [-0.1, -0.05) is 86.1 Å². The van der Waals surface area contributed by atoms with Crippen LogP contribution in [0, 0.1) is 16.7 Å². The Labute approximate surface area is 622 Å². The van der Waals surface area contributed by atoms with Crippen molar-refractivity contribution in [3.05, 3.63) is 113 Å². The molecule has 4 heterocycles. The molecule has 3 aliphatic heterocycles. The van der Waals surface area contributed by atoms with Crippen LogP contribution in [-0.2, 0) is 86.4 Å². The number of pyridine rings is 1. The van der Waals surface area contributed by atoms with Crippen LogP contribution in [0.5, 0.6) is 0 Å². The van der Waals surface area contributed by atoms with Crippen LogP contribution in [0.2, 0.25) is 5.02 Å². The van der Waals surface area contributed by atoms with Gasteiger partial charge in [0.1, 0.15) is 66.5 Å². The molecule has 36 heteroatoms. The fourth-order valence-corrected chi connectivity index (χ4v) is 12.6. The van der Waals surface area contributed by atoms with Crippen LogP contribution in [0.1, 0.15) is 108 Å². The van der Waals surface area contributed by atoms with Crippen LogP contribution < -0.4 is 91.6 Å². The Morgan fingerprint density at radius 3 is 1.83 bits per heavy atom. The largest absolute Gasteiger partial charge is 0.370 e. The van der Waals surface area contributed by atoms with Crippen molar-refractivity contribution in [1.29, 1.82) is 10.8 Å². The Morgan fingerprint density at radius 2 is 1.20 bits per heavy atom. The molecule has 3 fully saturated rings. The topological polar surface area (TPSA) is 549 Å². The summed E-state index contributed by atoms with van der Waals surface area (Å²) in [6, 6.07) is 5.01. The predicted molar refractivity (Wildman–Crippen MR) is 392 cm³/mol. The maximum absolute atomic E-state index is 15.4. The molecule has 1 unspecified atom stereocenters. The van der Waals surface area contributed by atoms with Gasteiger partial charge in [-0.15, -0.1) is 0 Å². The summed E-state index contributed by atoms with van der Waals surface area (Å²) in [6.45, 7) is 3.63. The summed E-state index contributed by atoms with van der Waals surface area (Å²) in [5.41, 5.74) is 18.4. The molecule has 107 heavy (non-hydrogen) atoms. The minimum absolute atomic E-state index is 0.0153. The van der Waals surface area contributed by atoms with E-state index in [9.17, 15) is 47.9 Å². The summed E-state index contributed by atoms with van der Waals surface area (Å²) < 4.78 is 0. The first-order valence-corrected chi connectivity index (χ1v) is 35.8. The van der Waals surface area contributed by atoms with E-state index in [0.717, 1.165) is 15.7 Å². The Morgan fingerprint density at radius 1 is 0.598 bits per heavy atom. The standard InChI is InChI=1S/C71H96ClN21O14/c1-38(2)30-50-63(101)87-49-24-28-79-60(98)46(13-7-26-80-70(74)75)84-57(95)23-22-48(62(100)85-47(61(99)88-50)14-8-27-81-71(76)77)86-67(105)54(35-58(96)82-37-55(59(73)97)92-68(106)56-15-9-29-93(56)69(49)107)91-66(104)53(34-42-10-6-25-78-36-42)90-65(103)52(32-40-17-20-45(72)21-18-40)89-64(102)51(83-39(3)94)33-41-16-19-43-11-4-5-12-44(43)31-41/h4-6,10-12,16-21,25,31,36,38,46-56H,7-9,13-15,22-24,26-30,32-35,37H2,1-3H3,(H2,73,97)(H,79,98)(H,82,96)(H,83,94)(H,84,95)(H,85,100)(H,86,105)(H,87,101)(H,88,99)(H,89,102)(H,90,103)(H,91,104)(H,92,106)(H4,74,75,80)(H4,76,77,81)/t46-,47+,48-,49-,50-,51+,52+,53+,54-,55?,56-/m0/s1. The average Bonchev–Trinajstić information content (AvgIpc) is 1.79. The molecule has 7 rings (SSSR count). The maximum Gasteiger partial charge on any atom is 0.245 e. The molecule has 2 bridgehead atoms. The number of nitrogens with two attached hydrogens (primary N) is 3. The van der Waals surface area contributed by atoms with Crippen molar-refractivity contribution in [2.24, 2.45) is 23.1 Å². The number of carbonyl (C=O) groups excluding carboxylic acids is 14. The molecule has 11 atom stereocenters. The number of rotatable bonds is 24. The van der Waals surface area contributed by atoms with Gasteiger partial charge in [-0.05, 0) is 109 Å². The van der Waals surface area contributed by atoms with Gasteiger partial charge in [-0.2, -0.15) is 0 Å². The summed E-state index contributed by atoms with van der Waals surface area (Å²) >= 11 is 6.27. The molecule has 35 nitrogen and oxygen atoms in total. The second kappa shape index (κ2) is 40.7. The number of carbonyl (C=O) groups is 14. The van der Waals surface area contributed by atoms with E-state index in [1.807, 2.05) is 36.4 Å². The highest BCUT2D eigenvalue weighted by Crippen LogP contribution is 2.22. The normalized spacial score (nSPS) is 21.8. The van der Waals surface area contributed by atoms with Crippen molar-refractivity contribution in [1.82, 2.24) is 84.3 Å². The molecule has 0 saturated carbocycles. The number of fused-ring (bicyclic) bond motifs is 11. The van der Waals surface area contributed by atoms with Crippen molar-refractivity contribution in [2.45, 2.75) is 177 Å². The zero-order valence-electron chi connectivity index (χ0n) is 59.7. The third-order valence-corrected chi connectivity index (χ3v) is 18.2. The second-order valence-corrected chi connectivity index (χ2v) is 27.4. The van der Waals surface area contributed by atoms with E-state index in [-0.39, 0.29) is 109 Å². The highest BCUT2D eigenvalue weighted by atomic mass is 35.5. The predicted octanol–water partition coefficient (Wildman–Crippen LogP) is -3.35. The number of hydrogen-bond donors (Lipinski definition) is 19. The van der Waals surface area contributed by atoms with Crippen LogP contribution in [0.15, 0.2) is 91.3 Å². The van der Waals surface area contributed by atoms with Crippen LogP contribution in [0.4, 0.5) is 0 Å². The molecular formula is C71H96ClN21O14. The van der Waals surface area contributed by atoms with Crippen molar-refractivity contribution >= 4 is 117 Å². The van der Waals surface area contributed by atoms with Crippen LogP contribution >= 0.6 is 11.6 Å². The van der Waals surface area contributed by atoms with Crippen LogP contribution in [0.3, 0.4) is 0 Å². The van der Waals surface area contributed by atoms with Gasteiger partial charge in [0.2, 0.25) is 82.7 Å². The van der Waals surface area contributed by atoms with Gasteiger partial charge in [0, 0.05) is 82.7 Å². The fraction of sp³-hybridized carbons (Fsp3) is 0.479. The van der Waals surface area contributed by atoms with E-state index in [4.69, 9.17) is 39.6 Å². The summed E-state index contributed by atoms with van der Waals surface area (Å²) in [7, 11) is 0. The van der Waals surface area contributed by atoms with Gasteiger partial charge in [-0.25, -0.2) is 0 Å². The summed E-state index contributed by atoms with van der Waals surface area (Å²) in [4.78, 5) is 209. The van der Waals surface area contributed by atoms with Gasteiger partial charge in [0.05, 0.1) is 6.42 Å². The number of guanidine groups is 2. The lowest BCUT2D eigenvalue weighted by Gasteiger charge is -2.31. The third-order valence-electron chi connectivity index (χ3n) is 18.0. The van der Waals surface area contributed by atoms with E-state index >= 15 is 19.2 Å². The minimum Gasteiger partial charge on any atom is -0.370 e. The molecule has 0 spiro atoms. The van der Waals surface area contributed by atoms with E-state index in [1.54, 1.807) is 50.2 Å². The summed E-state index contributed by atoms with van der Waals surface area (Å²) in [5, 5.41) is 54.2. The number of nitrogens with one attached hydrogen (secondary N) is 16. The van der Waals surface area contributed by atoms with Crippen molar-refractivity contribution in [3.8, 4) is 0 Å². The highest BCUT2D eigenvalue weighted by Gasteiger charge is 2.42. The number of nitrogens with zero attached hydrogens (tertiary/aromatic N) is 2. The molecule has 3 aliphatic rings. The smallest absolute Gasteiger partial charge is 0.245 e. The van der Waals surface area contributed by atoms with Gasteiger partial charge >= 0.3 is 0 Å². The summed E-state index contributed by atoms with van der Waals surface area (Å²) in [5.74, 6) is -14.6. The van der Waals surface area contributed by atoms with Gasteiger partial charge in [0.25, 0.3) is 0 Å². The lowest BCUT2D eigenvalue weighted by molar-refractivity contribution is -0.142. The van der Waals surface area contributed by atoms with Gasteiger partial charge < -0.3 is 96.5 Å². The molecule has 0 radical (unpaired) electrons. The van der Waals surface area contributed by atoms with E-state index < -0.39 is 181 Å². The number of halogens is 1. The zero-order chi connectivity index (χ0) is 77.9. The Hall–Kier alpha value is -11.5. The number of amides is 14. The monoisotopic (exact) mass is 1500 g/mol. The van der Waals surface area contributed by atoms with Gasteiger partial charge in [0.15, 0.2) is 11.9 Å². The summed E-state index contributed by atoms with van der Waals surface area (Å²) in [6.07, 6.45) is -0.451. The van der Waals surface area contributed by atoms with Gasteiger partial charge in [-0.3, -0.25) is 82.9 Å². The molecule has 22 N–H and O–H groups in total. The Kier molecular flexibility index (Phi) is 31.5. The first-order valence-electron chi connectivity index (χ1n) is 35.4. The maximum atomic E-state index is 15.4. The van der Waals surface area contributed by atoms with E-state index in [1.165, 1.54) is 25.4 Å². The molecule has 576 valence electrons. The Balaban J connectivity index is 1.32. The lowest BCUT2D eigenvalue weighted by atomic mass is 9.99. The van der Waals surface area contributed by atoms with Crippen LogP contribution in [-0.4, -0.2) is 204 Å². The van der Waals surface area contributed by atoms with Crippen molar-refractivity contribution in [2.75, 3.05) is 32.7 Å². The SMILES string of the molecule is CC(=O)N[C@H](Cc1ccc2ccccc2c1)C(=O)N[C@H](Cc1ccc(Cl)cc1)C(=O)N[C@H](Cc1cccnc1)C(=O)N[C@H]1CC(=O)NCC(C(N)=O)NC(=O)[C@@H]2CCCN2C(=O)[C@@H]2CCNC(=O)[C@H](CCCNC(=N)N)NC(=O)CC[C@H](NC1=O)C(=O)N[C@H](CCCNC(=N)N)C(=O)N[C@@H](CC(C)C)C(=O)N2. The number of hydrogen-bond acceptors (Lipinski definition) is 17. The highest BCUT2D eigenvalue weighted by molar-refractivity contribution is 6.30. The number of primary amides is 1. The first-order chi connectivity index (χ1) is 51.0. The van der Waals surface area contributed by atoms with E-state index in [2.05, 4.69) is 79.4 Å². The first kappa shape index (κ1) is 82.8. The molecule has 3 aromatic carbocycles. The zero-order valence-corrected chi connectivity index (χ0v) is 60.5. The lowest BCUT2D eigenvalue weighted by Crippen LogP contribution is -2.61. The number of aromatic nitrogens is 1. The van der Waals surface area contributed by atoms with Crippen molar-refractivity contribution in [3.63, 3.8) is 0 Å². The van der Waals surface area contributed by atoms with Crippen molar-refractivity contribution < 1.29 is 67.1 Å². The molecular weight excluding hydrogens is 1410 g/mol. The van der Waals surface area contributed by atoms with Crippen LogP contribution in [0.25, 0.3) is 10.8 Å². The fourth-order valence-electron chi connectivity index (χ4n) is 12.5.